The smallest absolute Gasteiger partial charge is 0.354 e. The lowest BCUT2D eigenvalue weighted by Crippen LogP contribution is -2.00. The fraction of sp³-hybridized carbons (Fsp3) is 0.167. The number of aromatic carboxylic acids is 1. The van der Waals surface area contributed by atoms with Crippen LogP contribution in [0.5, 0.6) is 0 Å². The van der Waals surface area contributed by atoms with Crippen molar-refractivity contribution >= 4 is 16.9 Å². The molecule has 15 heavy (non-hydrogen) atoms. The number of hydrogen-bond acceptors (Lipinski definition) is 2. The zero-order valence-electron chi connectivity index (χ0n) is 8.40. The first-order valence-electron chi connectivity index (χ1n) is 4.84. The summed E-state index contributed by atoms with van der Waals surface area (Å²) in [6.07, 6.45) is 0.855. The predicted molar refractivity (Wildman–Crippen MR) is 58.1 cm³/mol. The lowest BCUT2D eigenvalue weighted by molar-refractivity contribution is 0.0691. The monoisotopic (exact) mass is 201 g/mol. The van der Waals surface area contributed by atoms with Gasteiger partial charge in [-0.3, -0.25) is 0 Å². The molecule has 0 saturated carbocycles. The average molecular weight is 201 g/mol. The Morgan fingerprint density at radius 3 is 2.80 bits per heavy atom. The third-order valence-electron chi connectivity index (χ3n) is 2.40. The number of carboxylic acid groups (broad SMARTS) is 1. The molecule has 76 valence electrons. The van der Waals surface area contributed by atoms with Gasteiger partial charge in [-0.15, -0.1) is 0 Å². The highest BCUT2D eigenvalue weighted by Gasteiger charge is 2.07. The highest BCUT2D eigenvalue weighted by atomic mass is 16.4. The second kappa shape index (κ2) is 3.69. The van der Waals surface area contributed by atoms with Gasteiger partial charge in [-0.1, -0.05) is 31.2 Å². The third-order valence-corrected chi connectivity index (χ3v) is 2.40. The molecule has 3 heteroatoms. The summed E-state index contributed by atoms with van der Waals surface area (Å²) in [4.78, 5) is 14.9. The minimum atomic E-state index is -0.984. The molecular formula is C12H11NO2. The van der Waals surface area contributed by atoms with Crippen LogP contribution in [0.15, 0.2) is 30.3 Å². The van der Waals surface area contributed by atoms with Crippen LogP contribution in [0.3, 0.4) is 0 Å². The maximum atomic E-state index is 10.8. The van der Waals surface area contributed by atoms with Crippen molar-refractivity contribution < 1.29 is 9.90 Å². The van der Waals surface area contributed by atoms with Gasteiger partial charge in [-0.05, 0) is 18.1 Å². The number of fused-ring (bicyclic) bond motifs is 1. The molecule has 0 atom stereocenters. The largest absolute Gasteiger partial charge is 0.477 e. The molecule has 0 aliphatic heterocycles. The van der Waals surface area contributed by atoms with E-state index < -0.39 is 5.97 Å². The SMILES string of the molecule is CCc1cccc2ccc(C(=O)O)nc12. The van der Waals surface area contributed by atoms with Gasteiger partial charge in [-0.25, -0.2) is 9.78 Å². The highest BCUT2D eigenvalue weighted by Crippen LogP contribution is 2.17. The maximum Gasteiger partial charge on any atom is 0.354 e. The summed E-state index contributed by atoms with van der Waals surface area (Å²) in [5.41, 5.74) is 1.97. The summed E-state index contributed by atoms with van der Waals surface area (Å²) >= 11 is 0. The Balaban J connectivity index is 2.72. The van der Waals surface area contributed by atoms with E-state index in [4.69, 9.17) is 5.11 Å². The molecule has 0 unspecified atom stereocenters. The Kier molecular flexibility index (Phi) is 2.37. The second-order valence-electron chi connectivity index (χ2n) is 3.34. The molecular weight excluding hydrogens is 190 g/mol. The zero-order chi connectivity index (χ0) is 10.8. The Bertz CT molecular complexity index is 520. The first kappa shape index (κ1) is 9.65. The van der Waals surface area contributed by atoms with E-state index in [0.717, 1.165) is 22.9 Å². The minimum absolute atomic E-state index is 0.100. The number of aromatic nitrogens is 1. The van der Waals surface area contributed by atoms with Crippen molar-refractivity contribution in [2.45, 2.75) is 13.3 Å². The van der Waals surface area contributed by atoms with Crippen molar-refractivity contribution in [3.05, 3.63) is 41.6 Å². The van der Waals surface area contributed by atoms with Crippen LogP contribution in [0.2, 0.25) is 0 Å². The van der Waals surface area contributed by atoms with E-state index in [-0.39, 0.29) is 5.69 Å². The van der Waals surface area contributed by atoms with Gasteiger partial charge in [0.05, 0.1) is 5.52 Å². The van der Waals surface area contributed by atoms with Gasteiger partial charge in [0.25, 0.3) is 0 Å². The fourth-order valence-electron chi connectivity index (χ4n) is 1.61. The molecule has 0 fully saturated rings. The van der Waals surface area contributed by atoms with E-state index in [1.54, 1.807) is 6.07 Å². The standard InChI is InChI=1S/C12H11NO2/c1-2-8-4-3-5-9-6-7-10(12(14)15)13-11(8)9/h3-7H,2H2,1H3,(H,14,15). The van der Waals surface area contributed by atoms with Crippen molar-refractivity contribution in [1.29, 1.82) is 0 Å². The minimum Gasteiger partial charge on any atom is -0.477 e. The molecule has 3 nitrogen and oxygen atoms in total. The van der Waals surface area contributed by atoms with E-state index in [1.807, 2.05) is 25.1 Å². The summed E-state index contributed by atoms with van der Waals surface area (Å²) in [6, 6.07) is 9.20. The van der Waals surface area contributed by atoms with E-state index in [9.17, 15) is 4.79 Å². The molecule has 1 aromatic heterocycles. The van der Waals surface area contributed by atoms with Crippen LogP contribution in [0.4, 0.5) is 0 Å². The topological polar surface area (TPSA) is 50.2 Å². The van der Waals surface area contributed by atoms with Gasteiger partial charge >= 0.3 is 5.97 Å². The molecule has 1 heterocycles. The lowest BCUT2D eigenvalue weighted by Gasteiger charge is -2.03. The Labute approximate surface area is 87.4 Å². The number of carbonyl (C=O) groups is 1. The van der Waals surface area contributed by atoms with Crippen LogP contribution in [-0.4, -0.2) is 16.1 Å². The second-order valence-corrected chi connectivity index (χ2v) is 3.34. The van der Waals surface area contributed by atoms with Crippen molar-refractivity contribution in [1.82, 2.24) is 4.98 Å². The zero-order valence-corrected chi connectivity index (χ0v) is 8.40. The van der Waals surface area contributed by atoms with Crippen LogP contribution >= 0.6 is 0 Å². The molecule has 2 rings (SSSR count). The average Bonchev–Trinajstić information content (AvgIpc) is 2.27. The van der Waals surface area contributed by atoms with Gasteiger partial charge in [0, 0.05) is 5.39 Å². The van der Waals surface area contributed by atoms with Crippen molar-refractivity contribution in [2.75, 3.05) is 0 Å². The molecule has 2 aromatic rings. The first-order chi connectivity index (χ1) is 7.22. The van der Waals surface area contributed by atoms with E-state index in [0.29, 0.717) is 0 Å². The maximum absolute atomic E-state index is 10.8. The molecule has 0 saturated heterocycles. The van der Waals surface area contributed by atoms with Crippen molar-refractivity contribution in [3.63, 3.8) is 0 Å². The normalized spacial score (nSPS) is 10.5. The van der Waals surface area contributed by atoms with Gasteiger partial charge in [0.1, 0.15) is 5.69 Å². The van der Waals surface area contributed by atoms with Crippen LogP contribution in [0.25, 0.3) is 10.9 Å². The van der Waals surface area contributed by atoms with Gasteiger partial charge in [-0.2, -0.15) is 0 Å². The fourth-order valence-corrected chi connectivity index (χ4v) is 1.61. The Morgan fingerprint density at radius 2 is 2.13 bits per heavy atom. The van der Waals surface area contributed by atoms with Gasteiger partial charge in [0.15, 0.2) is 0 Å². The molecule has 0 bridgehead atoms. The summed E-state index contributed by atoms with van der Waals surface area (Å²) in [6.45, 7) is 2.03. The molecule has 1 aromatic carbocycles. The van der Waals surface area contributed by atoms with Crippen LogP contribution in [0.1, 0.15) is 23.0 Å². The Hall–Kier alpha value is -1.90. The predicted octanol–water partition coefficient (Wildman–Crippen LogP) is 2.50. The lowest BCUT2D eigenvalue weighted by atomic mass is 10.1. The molecule has 0 aliphatic carbocycles. The summed E-state index contributed by atoms with van der Waals surface area (Å²) in [7, 11) is 0. The molecule has 1 N–H and O–H groups in total. The van der Waals surface area contributed by atoms with Crippen LogP contribution in [-0.2, 0) is 6.42 Å². The molecule has 0 radical (unpaired) electrons. The van der Waals surface area contributed by atoms with Crippen LogP contribution < -0.4 is 0 Å². The number of aryl methyl sites for hydroxylation is 1. The summed E-state index contributed by atoms with van der Waals surface area (Å²) < 4.78 is 0. The quantitative estimate of drug-likeness (QED) is 0.812. The first-order valence-corrected chi connectivity index (χ1v) is 4.84. The summed E-state index contributed by atoms with van der Waals surface area (Å²) in [5.74, 6) is -0.984. The van der Waals surface area contributed by atoms with Gasteiger partial charge in [0.2, 0.25) is 0 Å². The van der Waals surface area contributed by atoms with Crippen LogP contribution in [0, 0.1) is 0 Å². The number of pyridine rings is 1. The number of hydrogen-bond donors (Lipinski definition) is 1. The number of nitrogens with zero attached hydrogens (tertiary/aromatic N) is 1. The highest BCUT2D eigenvalue weighted by molar-refractivity contribution is 5.90. The Morgan fingerprint density at radius 1 is 1.33 bits per heavy atom. The van der Waals surface area contributed by atoms with Crippen molar-refractivity contribution in [2.24, 2.45) is 0 Å². The van der Waals surface area contributed by atoms with E-state index in [2.05, 4.69) is 4.98 Å². The molecule has 0 spiro atoms. The number of carboxylic acids is 1. The third kappa shape index (κ3) is 1.68. The number of rotatable bonds is 2. The molecule has 0 amide bonds. The van der Waals surface area contributed by atoms with E-state index in [1.165, 1.54) is 6.07 Å². The number of benzene rings is 1. The number of para-hydroxylation sites is 1. The molecule has 0 aliphatic rings. The van der Waals surface area contributed by atoms with Crippen molar-refractivity contribution in [3.8, 4) is 0 Å². The van der Waals surface area contributed by atoms with E-state index >= 15 is 0 Å². The van der Waals surface area contributed by atoms with Gasteiger partial charge < -0.3 is 5.11 Å². The summed E-state index contributed by atoms with van der Waals surface area (Å²) in [5, 5.41) is 9.83.